The molecular weight excluding hydrogens is 508 g/mol. The fraction of sp³-hybridized carbons (Fsp3) is 0.435. The van der Waals surface area contributed by atoms with E-state index in [-0.39, 0.29) is 54.9 Å². The monoisotopic (exact) mass is 535 g/mol. The van der Waals surface area contributed by atoms with Gasteiger partial charge in [-0.1, -0.05) is 26.8 Å². The number of fused-ring (bicyclic) bond motifs is 1. The minimum atomic E-state index is -4.76. The number of carbonyl (C=O) groups excluding carboxylic acids is 2. The number of halogens is 6. The molecule has 3 rings (SSSR count). The van der Waals surface area contributed by atoms with Gasteiger partial charge in [-0.05, 0) is 31.0 Å². The highest BCUT2D eigenvalue weighted by Gasteiger charge is 2.36. The third-order valence-electron chi connectivity index (χ3n) is 4.98. The summed E-state index contributed by atoms with van der Waals surface area (Å²) in [7, 11) is 1.46. The molecule has 0 fully saturated rings. The Bertz CT molecular complexity index is 1290. The summed E-state index contributed by atoms with van der Waals surface area (Å²) >= 11 is 0. The molecule has 0 radical (unpaired) electrons. The van der Waals surface area contributed by atoms with Crippen LogP contribution < -0.4 is 10.9 Å². The molecule has 3 heterocycles. The smallest absolute Gasteiger partial charge is 0.361 e. The molecule has 0 aliphatic heterocycles. The largest absolute Gasteiger partial charge is 0.431 e. The highest BCUT2D eigenvalue weighted by atomic mass is 19.4. The van der Waals surface area contributed by atoms with E-state index in [1.165, 1.54) is 24.6 Å². The third kappa shape index (κ3) is 7.40. The second-order valence-electron chi connectivity index (χ2n) is 7.50. The molecule has 0 unspecified atom stereocenters. The van der Waals surface area contributed by atoms with Gasteiger partial charge in [-0.15, -0.1) is 0 Å². The SMILES string of the molecule is C.CCCc1ccc(NCC(F)(F)F)nc1-c1nc2cc(C(F)(F)F)n(CC)c(=O)c2n1C.O=CC=O. The van der Waals surface area contributed by atoms with E-state index in [2.05, 4.69) is 15.3 Å². The zero-order chi connectivity index (χ0) is 27.3. The van der Waals surface area contributed by atoms with E-state index in [9.17, 15) is 31.1 Å². The van der Waals surface area contributed by atoms with E-state index in [1.54, 1.807) is 6.07 Å². The molecule has 204 valence electrons. The minimum Gasteiger partial charge on any atom is -0.361 e. The molecule has 0 aromatic carbocycles. The molecule has 8 nitrogen and oxygen atoms in total. The second kappa shape index (κ2) is 12.5. The van der Waals surface area contributed by atoms with E-state index in [0.29, 0.717) is 23.0 Å². The number of rotatable bonds is 7. The van der Waals surface area contributed by atoms with Crippen molar-refractivity contribution < 1.29 is 35.9 Å². The Morgan fingerprint density at radius 1 is 1.03 bits per heavy atom. The summed E-state index contributed by atoms with van der Waals surface area (Å²) < 4.78 is 80.1. The minimum absolute atomic E-state index is 0. The third-order valence-corrected chi connectivity index (χ3v) is 4.98. The quantitative estimate of drug-likeness (QED) is 0.266. The molecule has 0 spiro atoms. The average Bonchev–Trinajstić information content (AvgIpc) is 3.14. The molecule has 0 aliphatic carbocycles. The van der Waals surface area contributed by atoms with Crippen LogP contribution in [0.25, 0.3) is 22.6 Å². The van der Waals surface area contributed by atoms with Gasteiger partial charge in [-0.25, -0.2) is 9.97 Å². The van der Waals surface area contributed by atoms with Gasteiger partial charge in [-0.3, -0.25) is 14.4 Å². The number of nitrogens with zero attached hydrogens (tertiary/aromatic N) is 4. The number of aldehydes is 2. The van der Waals surface area contributed by atoms with Crippen molar-refractivity contribution in [3.8, 4) is 11.5 Å². The Hall–Kier alpha value is -3.71. The molecule has 0 amide bonds. The molecule has 0 saturated heterocycles. The van der Waals surface area contributed by atoms with E-state index in [4.69, 9.17) is 9.59 Å². The van der Waals surface area contributed by atoms with Crippen LogP contribution in [0.5, 0.6) is 0 Å². The van der Waals surface area contributed by atoms with Crippen LogP contribution in [0.4, 0.5) is 32.2 Å². The molecular formula is C23H27F6N5O3. The lowest BCUT2D eigenvalue weighted by Gasteiger charge is -2.14. The number of aryl methyl sites for hydroxylation is 2. The maximum absolute atomic E-state index is 13.5. The van der Waals surface area contributed by atoms with Crippen LogP contribution in [-0.4, -0.2) is 44.4 Å². The summed E-state index contributed by atoms with van der Waals surface area (Å²) in [6, 6.07) is 3.79. The normalized spacial score (nSPS) is 11.4. The van der Waals surface area contributed by atoms with Crippen LogP contribution >= 0.6 is 0 Å². The van der Waals surface area contributed by atoms with Gasteiger partial charge < -0.3 is 14.5 Å². The van der Waals surface area contributed by atoms with Crippen molar-refractivity contribution in [3.05, 3.63) is 39.8 Å². The summed E-state index contributed by atoms with van der Waals surface area (Å²) in [6.07, 6.45) is -7.62. The lowest BCUT2D eigenvalue weighted by Crippen LogP contribution is -2.28. The van der Waals surface area contributed by atoms with Gasteiger partial charge in [0.05, 0.1) is 5.52 Å². The van der Waals surface area contributed by atoms with Gasteiger partial charge in [0.2, 0.25) is 0 Å². The Morgan fingerprint density at radius 3 is 2.14 bits per heavy atom. The number of hydrogen-bond donors (Lipinski definition) is 1. The first-order valence-corrected chi connectivity index (χ1v) is 10.7. The molecule has 0 atom stereocenters. The van der Waals surface area contributed by atoms with Gasteiger partial charge >= 0.3 is 12.4 Å². The first-order valence-electron chi connectivity index (χ1n) is 10.7. The van der Waals surface area contributed by atoms with Gasteiger partial charge in [0.25, 0.3) is 5.56 Å². The van der Waals surface area contributed by atoms with Crippen LogP contribution in [0, 0.1) is 0 Å². The predicted octanol–water partition coefficient (Wildman–Crippen LogP) is 4.78. The van der Waals surface area contributed by atoms with Crippen LogP contribution in [0.3, 0.4) is 0 Å². The number of carbonyl (C=O) groups is 2. The number of pyridine rings is 2. The Kier molecular flexibility index (Phi) is 10.6. The van der Waals surface area contributed by atoms with Crippen molar-refractivity contribution in [2.75, 3.05) is 11.9 Å². The zero-order valence-electron chi connectivity index (χ0n) is 19.5. The van der Waals surface area contributed by atoms with Crippen molar-refractivity contribution in [2.24, 2.45) is 7.05 Å². The van der Waals surface area contributed by atoms with Crippen molar-refractivity contribution in [1.29, 1.82) is 0 Å². The fourth-order valence-corrected chi connectivity index (χ4v) is 3.52. The molecule has 14 heteroatoms. The van der Waals surface area contributed by atoms with E-state index in [0.717, 1.165) is 6.07 Å². The average molecular weight is 535 g/mol. The van der Waals surface area contributed by atoms with E-state index in [1.807, 2.05) is 6.92 Å². The van der Waals surface area contributed by atoms with E-state index < -0.39 is 30.2 Å². The Balaban J connectivity index is 0.00000127. The van der Waals surface area contributed by atoms with Crippen LogP contribution in [0.15, 0.2) is 23.0 Å². The number of nitrogens with one attached hydrogen (secondary N) is 1. The van der Waals surface area contributed by atoms with Gasteiger partial charge in [0.1, 0.15) is 29.3 Å². The van der Waals surface area contributed by atoms with Gasteiger partial charge in [0.15, 0.2) is 18.4 Å². The first-order chi connectivity index (χ1) is 16.8. The molecule has 0 aliphatic rings. The highest BCUT2D eigenvalue weighted by molar-refractivity contribution is 6.09. The molecule has 37 heavy (non-hydrogen) atoms. The number of anilines is 1. The Morgan fingerprint density at radius 2 is 1.65 bits per heavy atom. The second-order valence-corrected chi connectivity index (χ2v) is 7.50. The summed E-state index contributed by atoms with van der Waals surface area (Å²) in [6.45, 7) is 1.83. The van der Waals surface area contributed by atoms with Crippen molar-refractivity contribution in [1.82, 2.24) is 19.1 Å². The maximum Gasteiger partial charge on any atom is 0.431 e. The summed E-state index contributed by atoms with van der Waals surface area (Å²) in [5, 5.41) is 2.19. The zero-order valence-corrected chi connectivity index (χ0v) is 19.5. The maximum atomic E-state index is 13.5. The number of hydrogen-bond acceptors (Lipinski definition) is 6. The van der Waals surface area contributed by atoms with Crippen molar-refractivity contribution >= 4 is 29.4 Å². The number of aromatic nitrogens is 4. The van der Waals surface area contributed by atoms with Crippen molar-refractivity contribution in [2.45, 2.75) is 53.0 Å². The molecule has 3 aromatic heterocycles. The highest BCUT2D eigenvalue weighted by Crippen LogP contribution is 2.32. The summed E-state index contributed by atoms with van der Waals surface area (Å²) in [5.74, 6) is 0.0318. The summed E-state index contributed by atoms with van der Waals surface area (Å²) in [5.41, 5.74) is -1.34. The number of imidazole rings is 1. The standard InChI is InChI=1S/C20H21F6N5O.C2H2O2.CH4/c1-4-6-11-7-8-14(27-10-19(21,22)23)29-15(11)17-28-12-9-13(20(24,25)26)31(5-2)18(32)16(12)30(17)3;3-1-2-4;/h7-9H,4-6,10H2,1-3H3,(H,27,29);1-2H;1H4. The summed E-state index contributed by atoms with van der Waals surface area (Å²) in [4.78, 5) is 38.9. The lowest BCUT2D eigenvalue weighted by molar-refractivity contribution is -0.144. The lowest BCUT2D eigenvalue weighted by atomic mass is 10.1. The van der Waals surface area contributed by atoms with Crippen molar-refractivity contribution in [3.63, 3.8) is 0 Å². The number of alkyl halides is 6. The van der Waals surface area contributed by atoms with E-state index >= 15 is 0 Å². The predicted molar refractivity (Wildman–Crippen MR) is 126 cm³/mol. The van der Waals surface area contributed by atoms with Gasteiger partial charge in [-0.2, -0.15) is 26.3 Å². The molecule has 3 aromatic rings. The first kappa shape index (κ1) is 31.3. The topological polar surface area (TPSA) is 98.9 Å². The molecule has 0 saturated carbocycles. The molecule has 0 bridgehead atoms. The Labute approximate surface area is 208 Å². The fourth-order valence-electron chi connectivity index (χ4n) is 3.52. The van der Waals surface area contributed by atoms with Crippen LogP contribution in [0.1, 0.15) is 39.0 Å². The van der Waals surface area contributed by atoms with Crippen LogP contribution in [0.2, 0.25) is 0 Å². The molecule has 1 N–H and O–H groups in total. The van der Waals surface area contributed by atoms with Crippen LogP contribution in [-0.2, 0) is 35.8 Å². The van der Waals surface area contributed by atoms with Gasteiger partial charge in [0, 0.05) is 13.6 Å².